The van der Waals surface area contributed by atoms with Crippen molar-refractivity contribution in [3.8, 4) is 0 Å². The van der Waals surface area contributed by atoms with Gasteiger partial charge in [-0.2, -0.15) is 0 Å². The number of amides is 2. The molecule has 2 aromatic carbocycles. The number of likely N-dealkylation sites (N-methyl/N-ethyl adjacent to an activating group) is 1. The van der Waals surface area contributed by atoms with E-state index in [2.05, 4.69) is 0 Å². The molecule has 0 aliphatic carbocycles. The number of hydrogen-bond acceptors (Lipinski definition) is 2. The monoisotopic (exact) mass is 330 g/mol. The van der Waals surface area contributed by atoms with Crippen molar-refractivity contribution in [2.45, 2.75) is 13.5 Å². The Kier molecular flexibility index (Phi) is 4.05. The second-order valence-electron chi connectivity index (χ2n) is 5.80. The lowest BCUT2D eigenvalue weighted by atomic mass is 10.1. The maximum Gasteiger partial charge on any atom is 0.256 e. The minimum Gasteiger partial charge on any atom is -0.325 e. The van der Waals surface area contributed by atoms with Gasteiger partial charge in [-0.15, -0.1) is 0 Å². The van der Waals surface area contributed by atoms with Crippen LogP contribution in [0.1, 0.15) is 21.5 Å². The zero-order valence-electron chi connectivity index (χ0n) is 13.3. The van der Waals surface area contributed by atoms with Crippen molar-refractivity contribution in [2.75, 3.05) is 18.5 Å². The summed E-state index contributed by atoms with van der Waals surface area (Å²) in [5, 5.41) is 0. The molecule has 3 rings (SSSR count). The number of para-hydroxylation sites is 1. The van der Waals surface area contributed by atoms with Crippen molar-refractivity contribution in [1.29, 1.82) is 0 Å². The molecule has 0 bridgehead atoms. The maximum absolute atomic E-state index is 14.1. The molecule has 2 amide bonds. The predicted molar refractivity (Wildman–Crippen MR) is 85.7 cm³/mol. The molecular formula is C18H16F2N2O2. The van der Waals surface area contributed by atoms with Crippen LogP contribution in [0, 0.1) is 18.6 Å². The first-order chi connectivity index (χ1) is 11.4. The van der Waals surface area contributed by atoms with Crippen LogP contribution in [0.3, 0.4) is 0 Å². The van der Waals surface area contributed by atoms with E-state index in [9.17, 15) is 18.4 Å². The number of benzene rings is 2. The van der Waals surface area contributed by atoms with E-state index in [0.717, 1.165) is 0 Å². The summed E-state index contributed by atoms with van der Waals surface area (Å²) >= 11 is 0. The van der Waals surface area contributed by atoms with E-state index in [1.165, 1.54) is 28.9 Å². The fourth-order valence-electron chi connectivity index (χ4n) is 2.73. The Morgan fingerprint density at radius 2 is 1.75 bits per heavy atom. The van der Waals surface area contributed by atoms with Gasteiger partial charge in [0.05, 0.1) is 11.3 Å². The largest absolute Gasteiger partial charge is 0.325 e. The van der Waals surface area contributed by atoms with Gasteiger partial charge in [0.25, 0.3) is 5.91 Å². The van der Waals surface area contributed by atoms with Crippen LogP contribution in [0.15, 0.2) is 36.4 Å². The molecule has 0 unspecified atom stereocenters. The predicted octanol–water partition coefficient (Wildman–Crippen LogP) is 2.89. The molecule has 0 radical (unpaired) electrons. The smallest absolute Gasteiger partial charge is 0.256 e. The summed E-state index contributed by atoms with van der Waals surface area (Å²) in [7, 11) is 1.59. The molecule has 0 atom stereocenters. The fraction of sp³-hybridized carbons (Fsp3) is 0.222. The van der Waals surface area contributed by atoms with E-state index in [1.807, 2.05) is 0 Å². The van der Waals surface area contributed by atoms with Gasteiger partial charge in [-0.1, -0.05) is 24.3 Å². The Bertz CT molecular complexity index is 836. The number of aryl methyl sites for hydroxylation is 1. The third-order valence-corrected chi connectivity index (χ3v) is 4.20. The molecule has 1 heterocycles. The van der Waals surface area contributed by atoms with Crippen LogP contribution in [0.4, 0.5) is 14.5 Å². The molecule has 124 valence electrons. The molecule has 0 aromatic heterocycles. The Balaban J connectivity index is 1.99. The number of halogens is 2. The number of nitrogens with zero attached hydrogens (tertiary/aromatic N) is 2. The van der Waals surface area contributed by atoms with E-state index >= 15 is 0 Å². The molecule has 4 nitrogen and oxygen atoms in total. The zero-order valence-corrected chi connectivity index (χ0v) is 13.3. The second-order valence-corrected chi connectivity index (χ2v) is 5.80. The Labute approximate surface area is 138 Å². The molecule has 0 spiro atoms. The lowest BCUT2D eigenvalue weighted by molar-refractivity contribution is -0.119. The first-order valence-corrected chi connectivity index (χ1v) is 7.48. The Morgan fingerprint density at radius 3 is 2.50 bits per heavy atom. The molecule has 0 N–H and O–H groups in total. The second kappa shape index (κ2) is 6.03. The summed E-state index contributed by atoms with van der Waals surface area (Å²) in [5.74, 6) is -2.59. The number of carbonyl (C=O) groups excluding carboxylic acids is 2. The molecule has 0 saturated heterocycles. The molecule has 2 aromatic rings. The third kappa shape index (κ3) is 2.64. The van der Waals surface area contributed by atoms with Gasteiger partial charge < -0.3 is 9.80 Å². The van der Waals surface area contributed by atoms with Gasteiger partial charge in [0.15, 0.2) is 11.6 Å². The molecule has 6 heteroatoms. The van der Waals surface area contributed by atoms with Gasteiger partial charge in [0.2, 0.25) is 5.91 Å². The number of anilines is 1. The topological polar surface area (TPSA) is 40.6 Å². The lowest BCUT2D eigenvalue weighted by Crippen LogP contribution is -2.37. The van der Waals surface area contributed by atoms with Crippen LogP contribution in [0.5, 0.6) is 0 Å². The highest BCUT2D eigenvalue weighted by Crippen LogP contribution is 2.26. The highest BCUT2D eigenvalue weighted by molar-refractivity contribution is 6.09. The van der Waals surface area contributed by atoms with E-state index in [4.69, 9.17) is 0 Å². The lowest BCUT2D eigenvalue weighted by Gasteiger charge is -2.20. The summed E-state index contributed by atoms with van der Waals surface area (Å²) in [4.78, 5) is 27.7. The van der Waals surface area contributed by atoms with Crippen molar-refractivity contribution in [3.05, 3.63) is 64.7 Å². The fourth-order valence-corrected chi connectivity index (χ4v) is 2.73. The molecule has 24 heavy (non-hydrogen) atoms. The highest BCUT2D eigenvalue weighted by atomic mass is 19.2. The van der Waals surface area contributed by atoms with E-state index < -0.39 is 11.6 Å². The summed E-state index contributed by atoms with van der Waals surface area (Å²) in [5.41, 5.74) is 1.10. The number of fused-ring (bicyclic) bond motifs is 1. The Hall–Kier alpha value is -2.76. The van der Waals surface area contributed by atoms with Crippen molar-refractivity contribution in [3.63, 3.8) is 0 Å². The average molecular weight is 330 g/mol. The van der Waals surface area contributed by atoms with E-state index in [1.54, 1.807) is 31.3 Å². The first kappa shape index (κ1) is 16.1. The van der Waals surface area contributed by atoms with Crippen LogP contribution in [0.25, 0.3) is 0 Å². The number of hydrogen-bond donors (Lipinski definition) is 0. The minimum absolute atomic E-state index is 0.0429. The summed E-state index contributed by atoms with van der Waals surface area (Å²) in [6, 6.07) is 9.63. The van der Waals surface area contributed by atoms with Crippen molar-refractivity contribution < 1.29 is 18.4 Å². The van der Waals surface area contributed by atoms with E-state index in [0.29, 0.717) is 11.3 Å². The van der Waals surface area contributed by atoms with Crippen LogP contribution in [-0.4, -0.2) is 30.3 Å². The van der Waals surface area contributed by atoms with Gasteiger partial charge in [-0.05, 0) is 24.6 Å². The zero-order chi connectivity index (χ0) is 17.4. The van der Waals surface area contributed by atoms with Crippen molar-refractivity contribution >= 4 is 17.5 Å². The maximum atomic E-state index is 14.1. The SMILES string of the molecule is Cc1ccc(CN2CC(=O)N(C)c3ccccc3C2=O)c(F)c1F. The number of carbonyl (C=O) groups is 2. The molecule has 0 fully saturated rings. The molecule has 1 aliphatic heterocycles. The van der Waals surface area contributed by atoms with Gasteiger partial charge >= 0.3 is 0 Å². The minimum atomic E-state index is -0.985. The quantitative estimate of drug-likeness (QED) is 0.849. The summed E-state index contributed by atoms with van der Waals surface area (Å²) < 4.78 is 27.9. The molecular weight excluding hydrogens is 314 g/mol. The summed E-state index contributed by atoms with van der Waals surface area (Å²) in [6.07, 6.45) is 0. The van der Waals surface area contributed by atoms with Gasteiger partial charge in [0.1, 0.15) is 6.54 Å². The standard InChI is InChI=1S/C18H16F2N2O2/c1-11-7-8-12(17(20)16(11)19)9-22-10-15(23)21(2)14-6-4-3-5-13(14)18(22)24/h3-8H,9-10H2,1-2H3. The van der Waals surface area contributed by atoms with Crippen molar-refractivity contribution in [2.24, 2.45) is 0 Å². The number of rotatable bonds is 2. The van der Waals surface area contributed by atoms with Crippen molar-refractivity contribution in [1.82, 2.24) is 4.90 Å². The van der Waals surface area contributed by atoms with E-state index in [-0.39, 0.29) is 36.0 Å². The highest BCUT2D eigenvalue weighted by Gasteiger charge is 2.30. The normalized spacial score (nSPS) is 14.7. The molecule has 1 aliphatic rings. The average Bonchev–Trinajstić information content (AvgIpc) is 2.67. The summed E-state index contributed by atoms with van der Waals surface area (Å²) in [6.45, 7) is 1.10. The van der Waals surface area contributed by atoms with Gasteiger partial charge in [0, 0.05) is 19.2 Å². The van der Waals surface area contributed by atoms with Gasteiger partial charge in [-0.3, -0.25) is 9.59 Å². The van der Waals surface area contributed by atoms with Crippen LogP contribution < -0.4 is 4.90 Å². The third-order valence-electron chi connectivity index (χ3n) is 4.20. The van der Waals surface area contributed by atoms with Crippen LogP contribution >= 0.6 is 0 Å². The van der Waals surface area contributed by atoms with Crippen LogP contribution in [0.2, 0.25) is 0 Å². The van der Waals surface area contributed by atoms with Gasteiger partial charge in [-0.25, -0.2) is 8.78 Å². The first-order valence-electron chi connectivity index (χ1n) is 7.48. The molecule has 0 saturated carbocycles. The van der Waals surface area contributed by atoms with Crippen LogP contribution in [-0.2, 0) is 11.3 Å². The Morgan fingerprint density at radius 1 is 1.04 bits per heavy atom.